The van der Waals surface area contributed by atoms with Gasteiger partial charge in [0.1, 0.15) is 5.76 Å². The number of hydrogen-bond acceptors (Lipinski definition) is 5. The fourth-order valence-corrected chi connectivity index (χ4v) is 3.12. The minimum Gasteiger partial charge on any atom is -0.447 e. The Hall–Kier alpha value is -1.15. The summed E-state index contributed by atoms with van der Waals surface area (Å²) in [5.41, 5.74) is 1.26. The number of hydrogen-bond donors (Lipinski definition) is 2. The van der Waals surface area contributed by atoms with Crippen molar-refractivity contribution >= 4 is 21.4 Å². The van der Waals surface area contributed by atoms with Crippen molar-refractivity contribution in [3.8, 4) is 0 Å². The van der Waals surface area contributed by atoms with Crippen molar-refractivity contribution in [3.05, 3.63) is 39.8 Å². The molecule has 2 heterocycles. The van der Waals surface area contributed by atoms with Crippen molar-refractivity contribution in [3.63, 3.8) is 0 Å². The van der Waals surface area contributed by atoms with E-state index in [0.29, 0.717) is 12.3 Å². The lowest BCUT2D eigenvalue weighted by molar-refractivity contribution is 0.400. The van der Waals surface area contributed by atoms with Gasteiger partial charge in [-0.05, 0) is 43.1 Å². The fraction of sp³-hybridized carbons (Fsp3) is 0.333. The van der Waals surface area contributed by atoms with Gasteiger partial charge in [0, 0.05) is 11.4 Å². The smallest absolute Gasteiger partial charge is 0.273 e. The molecule has 2 aromatic rings. The van der Waals surface area contributed by atoms with E-state index in [4.69, 9.17) is 4.42 Å². The largest absolute Gasteiger partial charge is 0.447 e. The van der Waals surface area contributed by atoms with Crippen LogP contribution < -0.4 is 10.0 Å². The molecular formula is C12H16N2O3S2. The minimum atomic E-state index is -3.49. The number of furan rings is 1. The maximum Gasteiger partial charge on any atom is 0.273 e. The molecular weight excluding hydrogens is 284 g/mol. The first kappa shape index (κ1) is 14.3. The molecule has 0 bridgehead atoms. The summed E-state index contributed by atoms with van der Waals surface area (Å²) >= 11 is 1.70. The van der Waals surface area contributed by atoms with E-state index in [2.05, 4.69) is 28.4 Å². The predicted octanol–water partition coefficient (Wildman–Crippen LogP) is 1.85. The highest BCUT2D eigenvalue weighted by atomic mass is 32.2. The molecule has 104 valence electrons. The van der Waals surface area contributed by atoms with E-state index in [0.717, 1.165) is 6.54 Å². The summed E-state index contributed by atoms with van der Waals surface area (Å²) in [5.74, 6) is 0.600. The molecule has 0 saturated heterocycles. The topological polar surface area (TPSA) is 71.3 Å². The molecule has 5 nitrogen and oxygen atoms in total. The molecule has 0 atom stereocenters. The van der Waals surface area contributed by atoms with Crippen LogP contribution in [0.1, 0.15) is 16.2 Å². The highest BCUT2D eigenvalue weighted by molar-refractivity contribution is 7.89. The van der Waals surface area contributed by atoms with Crippen LogP contribution in [0.25, 0.3) is 0 Å². The number of aryl methyl sites for hydroxylation is 1. The molecule has 2 rings (SSSR count). The van der Waals surface area contributed by atoms with Crippen molar-refractivity contribution in [2.75, 3.05) is 7.05 Å². The van der Waals surface area contributed by atoms with Crippen molar-refractivity contribution in [2.45, 2.75) is 25.1 Å². The monoisotopic (exact) mass is 300 g/mol. The molecule has 7 heteroatoms. The minimum absolute atomic E-state index is 0.0564. The van der Waals surface area contributed by atoms with E-state index >= 15 is 0 Å². The molecule has 0 radical (unpaired) electrons. The summed E-state index contributed by atoms with van der Waals surface area (Å²) in [6.07, 6.45) is 0. The van der Waals surface area contributed by atoms with Gasteiger partial charge in [0.15, 0.2) is 0 Å². The first-order valence-electron chi connectivity index (χ1n) is 5.79. The summed E-state index contributed by atoms with van der Waals surface area (Å²) in [7, 11) is -2.14. The predicted molar refractivity (Wildman–Crippen MR) is 74.6 cm³/mol. The van der Waals surface area contributed by atoms with Crippen molar-refractivity contribution < 1.29 is 12.8 Å². The second-order valence-electron chi connectivity index (χ2n) is 4.06. The SMILES string of the molecule is CNS(=O)(=O)c1ccc(CNCc2sccc2C)o1. The van der Waals surface area contributed by atoms with Gasteiger partial charge in [-0.15, -0.1) is 11.3 Å². The van der Waals surface area contributed by atoms with Gasteiger partial charge in [0.2, 0.25) is 5.09 Å². The molecule has 2 N–H and O–H groups in total. The number of rotatable bonds is 6. The first-order chi connectivity index (χ1) is 9.03. The molecule has 0 aromatic carbocycles. The molecule has 19 heavy (non-hydrogen) atoms. The average molecular weight is 300 g/mol. The zero-order valence-corrected chi connectivity index (χ0v) is 12.4. The zero-order chi connectivity index (χ0) is 13.9. The van der Waals surface area contributed by atoms with Crippen LogP contribution in [0, 0.1) is 6.92 Å². The van der Waals surface area contributed by atoms with Crippen LogP contribution in [-0.4, -0.2) is 15.5 Å². The zero-order valence-electron chi connectivity index (χ0n) is 10.8. The molecule has 0 aliphatic rings. The molecule has 0 aliphatic heterocycles. The number of nitrogens with one attached hydrogen (secondary N) is 2. The Morgan fingerprint density at radius 2 is 2.05 bits per heavy atom. The van der Waals surface area contributed by atoms with Crippen LogP contribution in [0.2, 0.25) is 0 Å². The van der Waals surface area contributed by atoms with Crippen LogP contribution in [0.5, 0.6) is 0 Å². The maximum absolute atomic E-state index is 11.5. The molecule has 0 aliphatic carbocycles. The van der Waals surface area contributed by atoms with Crippen LogP contribution in [0.15, 0.2) is 33.1 Å². The Morgan fingerprint density at radius 3 is 2.68 bits per heavy atom. The van der Waals surface area contributed by atoms with E-state index in [9.17, 15) is 8.42 Å². The number of sulfonamides is 1. The number of thiophene rings is 1. The van der Waals surface area contributed by atoms with Crippen molar-refractivity contribution in [1.82, 2.24) is 10.0 Å². The standard InChI is InChI=1S/C12H16N2O3S2/c1-9-5-6-18-11(9)8-14-7-10-3-4-12(17-10)19(15,16)13-2/h3-6,13-14H,7-8H2,1-2H3. The molecule has 0 unspecified atom stereocenters. The third-order valence-electron chi connectivity index (χ3n) is 2.72. The van der Waals surface area contributed by atoms with Crippen molar-refractivity contribution in [1.29, 1.82) is 0 Å². The molecule has 0 spiro atoms. The summed E-state index contributed by atoms with van der Waals surface area (Å²) in [5, 5.41) is 5.23. The van der Waals surface area contributed by atoms with Gasteiger partial charge in [-0.25, -0.2) is 13.1 Å². The van der Waals surface area contributed by atoms with Gasteiger partial charge in [-0.3, -0.25) is 0 Å². The van der Waals surface area contributed by atoms with Gasteiger partial charge in [-0.1, -0.05) is 0 Å². The van der Waals surface area contributed by atoms with Crippen molar-refractivity contribution in [2.24, 2.45) is 0 Å². The van der Waals surface area contributed by atoms with Gasteiger partial charge in [0.25, 0.3) is 10.0 Å². The van der Waals surface area contributed by atoms with E-state index in [1.165, 1.54) is 23.6 Å². The third-order valence-corrected chi connectivity index (χ3v) is 5.03. The Bertz CT molecular complexity index is 643. The maximum atomic E-state index is 11.5. The lowest BCUT2D eigenvalue weighted by Crippen LogP contribution is -2.17. The van der Waals surface area contributed by atoms with Gasteiger partial charge >= 0.3 is 0 Å². The molecule has 0 saturated carbocycles. The Kier molecular flexibility index (Phi) is 4.41. The van der Waals surface area contributed by atoms with Crippen LogP contribution >= 0.6 is 11.3 Å². The average Bonchev–Trinajstić information content (AvgIpc) is 3.00. The van der Waals surface area contributed by atoms with Crippen LogP contribution in [0.3, 0.4) is 0 Å². The second-order valence-corrected chi connectivity index (χ2v) is 6.88. The lowest BCUT2D eigenvalue weighted by atomic mass is 10.3. The van der Waals surface area contributed by atoms with Gasteiger partial charge in [-0.2, -0.15) is 0 Å². The summed E-state index contributed by atoms with van der Waals surface area (Å²) < 4.78 is 30.5. The highest BCUT2D eigenvalue weighted by Gasteiger charge is 2.16. The Balaban J connectivity index is 1.93. The van der Waals surface area contributed by atoms with E-state index in [1.54, 1.807) is 17.4 Å². The first-order valence-corrected chi connectivity index (χ1v) is 8.15. The second kappa shape index (κ2) is 5.87. The quantitative estimate of drug-likeness (QED) is 0.854. The third kappa shape index (κ3) is 3.44. The molecule has 2 aromatic heterocycles. The van der Waals surface area contributed by atoms with Gasteiger partial charge in [0.05, 0.1) is 6.54 Å². The van der Waals surface area contributed by atoms with E-state index < -0.39 is 10.0 Å². The Morgan fingerprint density at radius 1 is 1.26 bits per heavy atom. The highest BCUT2D eigenvalue weighted by Crippen LogP contribution is 2.16. The Labute approximate surface area is 116 Å². The molecule has 0 fully saturated rings. The summed E-state index contributed by atoms with van der Waals surface area (Å²) in [6, 6.07) is 5.20. The normalized spacial score (nSPS) is 11.9. The summed E-state index contributed by atoms with van der Waals surface area (Å²) in [4.78, 5) is 1.27. The van der Waals surface area contributed by atoms with Gasteiger partial charge < -0.3 is 9.73 Å². The van der Waals surface area contributed by atoms with Crippen LogP contribution in [0.4, 0.5) is 0 Å². The van der Waals surface area contributed by atoms with E-state index in [1.807, 2.05) is 0 Å². The van der Waals surface area contributed by atoms with E-state index in [-0.39, 0.29) is 5.09 Å². The molecule has 0 amide bonds. The van der Waals surface area contributed by atoms with Crippen LogP contribution in [-0.2, 0) is 23.1 Å². The summed E-state index contributed by atoms with van der Waals surface area (Å²) in [6.45, 7) is 3.31. The lowest BCUT2D eigenvalue weighted by Gasteiger charge is -2.02. The fourth-order valence-electron chi connectivity index (χ4n) is 1.58.